The van der Waals surface area contributed by atoms with E-state index in [0.717, 1.165) is 11.1 Å². The average Bonchev–Trinajstić information content (AvgIpc) is 3.32. The summed E-state index contributed by atoms with van der Waals surface area (Å²) in [5.74, 6) is 1.29. The van der Waals surface area contributed by atoms with Crippen LogP contribution in [-0.4, -0.2) is 32.3 Å². The lowest BCUT2D eigenvalue weighted by atomic mass is 10.1. The number of hydrogen-bond donors (Lipinski definition) is 1. The van der Waals surface area contributed by atoms with E-state index >= 15 is 0 Å². The highest BCUT2D eigenvalue weighted by atomic mass is 16.5. The van der Waals surface area contributed by atoms with Crippen LogP contribution in [0, 0.1) is 0 Å². The van der Waals surface area contributed by atoms with Crippen molar-refractivity contribution in [1.29, 1.82) is 0 Å². The Morgan fingerprint density at radius 1 is 1.03 bits per heavy atom. The van der Waals surface area contributed by atoms with Crippen LogP contribution in [0.5, 0.6) is 17.2 Å². The van der Waals surface area contributed by atoms with Crippen molar-refractivity contribution < 1.29 is 28.2 Å². The Morgan fingerprint density at radius 2 is 1.81 bits per heavy atom. The van der Waals surface area contributed by atoms with Gasteiger partial charge in [0.25, 0.3) is 0 Å². The summed E-state index contributed by atoms with van der Waals surface area (Å²) < 4.78 is 20.7. The zero-order valence-corrected chi connectivity index (χ0v) is 17.6. The number of methoxy groups -OCH3 is 2. The third-order valence-corrected chi connectivity index (χ3v) is 4.24. The second kappa shape index (κ2) is 11.2. The van der Waals surface area contributed by atoms with Crippen LogP contribution >= 0.6 is 0 Å². The number of carbonyl (C=O) groups is 2. The Balaban J connectivity index is 1.48. The van der Waals surface area contributed by atoms with Gasteiger partial charge >= 0.3 is 5.97 Å². The topological polar surface area (TPSA) is 99.4 Å². The molecule has 1 heterocycles. The van der Waals surface area contributed by atoms with Gasteiger partial charge in [-0.2, -0.15) is 5.10 Å². The Labute approximate surface area is 185 Å². The number of benzene rings is 2. The van der Waals surface area contributed by atoms with E-state index in [1.807, 2.05) is 0 Å². The summed E-state index contributed by atoms with van der Waals surface area (Å²) in [5, 5.41) is 3.95. The SMILES string of the molecule is COc1ccc(CC(=O)NN=Cc2ccc(OC(=O)C=Cc3ccco3)cc2)cc1OC. The van der Waals surface area contributed by atoms with Gasteiger partial charge < -0.3 is 18.6 Å². The standard InChI is InChI=1S/C24H22N2O6/c1-29-21-11-7-18(14-22(21)30-2)15-23(27)26-25-16-17-5-8-20(9-6-17)32-24(28)12-10-19-4-3-13-31-19/h3-14,16H,15H2,1-2H3,(H,26,27). The minimum Gasteiger partial charge on any atom is -0.493 e. The molecule has 0 radical (unpaired) electrons. The first-order valence-corrected chi connectivity index (χ1v) is 9.63. The van der Waals surface area contributed by atoms with Gasteiger partial charge in [0.1, 0.15) is 11.5 Å². The predicted octanol–water partition coefficient (Wildman–Crippen LogP) is 3.61. The zero-order valence-electron chi connectivity index (χ0n) is 17.6. The first-order valence-electron chi connectivity index (χ1n) is 9.63. The van der Waals surface area contributed by atoms with Gasteiger partial charge in [-0.1, -0.05) is 6.07 Å². The summed E-state index contributed by atoms with van der Waals surface area (Å²) >= 11 is 0. The van der Waals surface area contributed by atoms with Gasteiger partial charge in [-0.15, -0.1) is 0 Å². The van der Waals surface area contributed by atoms with E-state index in [4.69, 9.17) is 18.6 Å². The molecule has 164 valence electrons. The van der Waals surface area contributed by atoms with Crippen LogP contribution in [0.4, 0.5) is 0 Å². The summed E-state index contributed by atoms with van der Waals surface area (Å²) in [6, 6.07) is 15.4. The minimum atomic E-state index is -0.523. The molecule has 8 nitrogen and oxygen atoms in total. The van der Waals surface area contributed by atoms with E-state index in [9.17, 15) is 9.59 Å². The molecule has 3 rings (SSSR count). The quantitative estimate of drug-likeness (QED) is 0.182. The van der Waals surface area contributed by atoms with Crippen molar-refractivity contribution >= 4 is 24.2 Å². The number of hydrogen-bond acceptors (Lipinski definition) is 7. The van der Waals surface area contributed by atoms with Crippen molar-refractivity contribution in [2.24, 2.45) is 5.10 Å². The molecule has 1 N–H and O–H groups in total. The molecule has 0 bridgehead atoms. The number of nitrogens with zero attached hydrogens (tertiary/aromatic N) is 1. The Bertz CT molecular complexity index is 1100. The zero-order chi connectivity index (χ0) is 22.8. The van der Waals surface area contributed by atoms with Crippen LogP contribution in [0.3, 0.4) is 0 Å². The van der Waals surface area contributed by atoms with E-state index in [-0.39, 0.29) is 12.3 Å². The fourth-order valence-electron chi connectivity index (χ4n) is 2.70. The molecule has 32 heavy (non-hydrogen) atoms. The van der Waals surface area contributed by atoms with Gasteiger partial charge in [-0.3, -0.25) is 4.79 Å². The minimum absolute atomic E-state index is 0.137. The molecule has 3 aromatic rings. The summed E-state index contributed by atoms with van der Waals surface area (Å²) in [4.78, 5) is 23.9. The van der Waals surface area contributed by atoms with Crippen LogP contribution in [0.25, 0.3) is 6.08 Å². The third kappa shape index (κ3) is 6.60. The maximum atomic E-state index is 12.1. The Morgan fingerprint density at radius 3 is 2.50 bits per heavy atom. The molecule has 0 unspecified atom stereocenters. The van der Waals surface area contributed by atoms with Crippen molar-refractivity contribution in [2.75, 3.05) is 14.2 Å². The van der Waals surface area contributed by atoms with Crippen LogP contribution in [0.15, 0.2) is 76.5 Å². The normalized spacial score (nSPS) is 10.9. The van der Waals surface area contributed by atoms with Gasteiger partial charge in [0, 0.05) is 6.08 Å². The molecule has 0 saturated carbocycles. The first kappa shape index (κ1) is 22.4. The highest BCUT2D eigenvalue weighted by molar-refractivity contribution is 5.88. The fraction of sp³-hybridized carbons (Fsp3) is 0.125. The fourth-order valence-corrected chi connectivity index (χ4v) is 2.70. The Kier molecular flexibility index (Phi) is 7.80. The molecule has 0 aliphatic rings. The number of ether oxygens (including phenoxy) is 3. The molecule has 0 atom stereocenters. The molecular weight excluding hydrogens is 412 g/mol. The number of hydrazone groups is 1. The van der Waals surface area contributed by atoms with Gasteiger partial charge in [0.2, 0.25) is 5.91 Å². The maximum absolute atomic E-state index is 12.1. The van der Waals surface area contributed by atoms with E-state index < -0.39 is 5.97 Å². The smallest absolute Gasteiger partial charge is 0.336 e. The van der Waals surface area contributed by atoms with Crippen molar-refractivity contribution in [2.45, 2.75) is 6.42 Å². The molecule has 0 aliphatic heterocycles. The monoisotopic (exact) mass is 434 g/mol. The first-order chi connectivity index (χ1) is 15.6. The number of amides is 1. The molecule has 0 aliphatic carbocycles. The maximum Gasteiger partial charge on any atom is 0.336 e. The third-order valence-electron chi connectivity index (χ3n) is 4.24. The van der Waals surface area contributed by atoms with Crippen LogP contribution in [-0.2, 0) is 16.0 Å². The van der Waals surface area contributed by atoms with Crippen LogP contribution in [0.2, 0.25) is 0 Å². The molecule has 8 heteroatoms. The highest BCUT2D eigenvalue weighted by Gasteiger charge is 2.08. The van der Waals surface area contributed by atoms with Crippen LogP contribution < -0.4 is 19.6 Å². The van der Waals surface area contributed by atoms with Crippen molar-refractivity contribution in [3.8, 4) is 17.2 Å². The molecule has 0 fully saturated rings. The van der Waals surface area contributed by atoms with Gasteiger partial charge in [0.05, 0.1) is 33.1 Å². The number of furan rings is 1. The molecule has 1 amide bonds. The van der Waals surface area contributed by atoms with Gasteiger partial charge in [0.15, 0.2) is 11.5 Å². The number of esters is 1. The lowest BCUT2D eigenvalue weighted by Crippen LogP contribution is -2.19. The van der Waals surface area contributed by atoms with Crippen molar-refractivity contribution in [3.05, 3.63) is 83.8 Å². The number of rotatable bonds is 9. The summed E-state index contributed by atoms with van der Waals surface area (Å²) in [7, 11) is 3.09. The summed E-state index contributed by atoms with van der Waals surface area (Å²) in [6.07, 6.45) is 5.95. The summed E-state index contributed by atoms with van der Waals surface area (Å²) in [6.45, 7) is 0. The van der Waals surface area contributed by atoms with E-state index in [1.165, 1.54) is 31.7 Å². The van der Waals surface area contributed by atoms with Crippen molar-refractivity contribution in [1.82, 2.24) is 5.43 Å². The molecule has 0 spiro atoms. The average molecular weight is 434 g/mol. The second-order valence-corrected chi connectivity index (χ2v) is 6.50. The van der Waals surface area contributed by atoms with E-state index in [0.29, 0.717) is 23.0 Å². The molecular formula is C24H22N2O6. The number of nitrogens with one attached hydrogen (secondary N) is 1. The van der Waals surface area contributed by atoms with E-state index in [1.54, 1.807) is 61.7 Å². The van der Waals surface area contributed by atoms with Gasteiger partial charge in [-0.05, 0) is 65.7 Å². The second-order valence-electron chi connectivity index (χ2n) is 6.50. The molecule has 1 aromatic heterocycles. The number of carbonyl (C=O) groups excluding carboxylic acids is 2. The Hall–Kier alpha value is -4.33. The highest BCUT2D eigenvalue weighted by Crippen LogP contribution is 2.27. The van der Waals surface area contributed by atoms with E-state index in [2.05, 4.69) is 10.5 Å². The largest absolute Gasteiger partial charge is 0.493 e. The predicted molar refractivity (Wildman–Crippen MR) is 119 cm³/mol. The summed E-state index contributed by atoms with van der Waals surface area (Å²) in [5.41, 5.74) is 3.97. The van der Waals surface area contributed by atoms with Crippen molar-refractivity contribution in [3.63, 3.8) is 0 Å². The lowest BCUT2D eigenvalue weighted by Gasteiger charge is -2.09. The molecule has 0 saturated heterocycles. The van der Waals surface area contributed by atoms with Crippen LogP contribution in [0.1, 0.15) is 16.9 Å². The molecule has 2 aromatic carbocycles. The lowest BCUT2D eigenvalue weighted by molar-refractivity contribution is -0.129. The van der Waals surface area contributed by atoms with Gasteiger partial charge in [-0.25, -0.2) is 10.2 Å².